The highest BCUT2D eigenvalue weighted by Gasteiger charge is 2.50. The fourth-order valence-electron chi connectivity index (χ4n) is 2.07. The normalized spacial score (nSPS) is 34.1. The van der Waals surface area contributed by atoms with E-state index >= 15 is 0 Å². The predicted molar refractivity (Wildman–Crippen MR) is 57.3 cm³/mol. The first-order chi connectivity index (χ1) is 8.65. The number of carbonyl (C=O) groups excluding carboxylic acids is 2. The molecule has 2 rings (SSSR count). The molecule has 18 heavy (non-hydrogen) atoms. The van der Waals surface area contributed by atoms with E-state index in [1.54, 1.807) is 0 Å². The Morgan fingerprint density at radius 1 is 0.944 bits per heavy atom. The van der Waals surface area contributed by atoms with Gasteiger partial charge in [0.05, 0.1) is 26.3 Å². The molecule has 2 fully saturated rings. The number of hydrogen-bond donors (Lipinski definition) is 2. The zero-order chi connectivity index (χ0) is 13.1. The maximum Gasteiger partial charge on any atom is 0.320 e. The van der Waals surface area contributed by atoms with E-state index in [9.17, 15) is 9.59 Å². The molecule has 2 heterocycles. The molecular weight excluding hydrogens is 244 g/mol. The third-order valence-corrected chi connectivity index (χ3v) is 2.86. The lowest BCUT2D eigenvalue weighted by Gasteiger charge is -2.16. The topological polar surface area (TPSA) is 123 Å². The van der Waals surface area contributed by atoms with E-state index in [0.717, 1.165) is 0 Å². The minimum absolute atomic E-state index is 0.195. The smallest absolute Gasteiger partial charge is 0.320 e. The summed E-state index contributed by atoms with van der Waals surface area (Å²) in [5, 5.41) is 0. The Hall–Kier alpha value is -1.22. The quantitative estimate of drug-likeness (QED) is 0.533. The Morgan fingerprint density at radius 3 is 1.67 bits per heavy atom. The van der Waals surface area contributed by atoms with Gasteiger partial charge < -0.3 is 30.4 Å². The summed E-state index contributed by atoms with van der Waals surface area (Å²) >= 11 is 0. The van der Waals surface area contributed by atoms with Crippen LogP contribution in [-0.2, 0) is 28.5 Å². The van der Waals surface area contributed by atoms with E-state index in [-0.39, 0.29) is 26.3 Å². The SMILES string of the molecule is NCC(=O)OC1COC2C(OC(=O)CN)COC12. The van der Waals surface area contributed by atoms with Crippen molar-refractivity contribution in [2.24, 2.45) is 11.5 Å². The summed E-state index contributed by atoms with van der Waals surface area (Å²) in [5.41, 5.74) is 10.3. The number of nitrogens with two attached hydrogens (primary N) is 2. The second kappa shape index (κ2) is 5.61. The van der Waals surface area contributed by atoms with Crippen LogP contribution in [0.5, 0.6) is 0 Å². The lowest BCUT2D eigenvalue weighted by atomic mass is 10.1. The Balaban J connectivity index is 1.90. The molecule has 2 aliphatic rings. The average Bonchev–Trinajstić information content (AvgIpc) is 2.93. The number of fused-ring (bicyclic) bond motifs is 1. The molecule has 0 aromatic heterocycles. The van der Waals surface area contributed by atoms with Gasteiger partial charge in [0.15, 0.2) is 12.2 Å². The molecule has 0 saturated carbocycles. The van der Waals surface area contributed by atoms with E-state index in [2.05, 4.69) is 0 Å². The summed E-state index contributed by atoms with van der Waals surface area (Å²) in [4.78, 5) is 22.2. The summed E-state index contributed by atoms with van der Waals surface area (Å²) < 4.78 is 21.0. The van der Waals surface area contributed by atoms with E-state index < -0.39 is 36.4 Å². The van der Waals surface area contributed by atoms with Gasteiger partial charge in [0.2, 0.25) is 0 Å². The van der Waals surface area contributed by atoms with Gasteiger partial charge in [-0.15, -0.1) is 0 Å². The average molecular weight is 260 g/mol. The molecule has 4 N–H and O–H groups in total. The molecule has 4 unspecified atom stereocenters. The summed E-state index contributed by atoms with van der Waals surface area (Å²) in [5.74, 6) is -1.04. The highest BCUT2D eigenvalue weighted by atomic mass is 16.7. The van der Waals surface area contributed by atoms with E-state index in [4.69, 9.17) is 30.4 Å². The number of hydrogen-bond acceptors (Lipinski definition) is 8. The first kappa shape index (κ1) is 13.2. The van der Waals surface area contributed by atoms with Crippen LogP contribution in [-0.4, -0.2) is 62.7 Å². The fraction of sp³-hybridized carbons (Fsp3) is 0.800. The van der Waals surface area contributed by atoms with Crippen LogP contribution < -0.4 is 11.5 Å². The highest BCUT2D eigenvalue weighted by molar-refractivity contribution is 5.72. The van der Waals surface area contributed by atoms with Gasteiger partial charge in [-0.25, -0.2) is 0 Å². The number of rotatable bonds is 4. The van der Waals surface area contributed by atoms with Crippen molar-refractivity contribution in [1.29, 1.82) is 0 Å². The molecule has 0 aliphatic carbocycles. The Morgan fingerprint density at radius 2 is 1.33 bits per heavy atom. The van der Waals surface area contributed by atoms with Gasteiger partial charge >= 0.3 is 11.9 Å². The van der Waals surface area contributed by atoms with Gasteiger partial charge in [-0.05, 0) is 0 Å². The minimum Gasteiger partial charge on any atom is -0.456 e. The van der Waals surface area contributed by atoms with Crippen molar-refractivity contribution in [2.45, 2.75) is 24.4 Å². The zero-order valence-electron chi connectivity index (χ0n) is 9.74. The van der Waals surface area contributed by atoms with Gasteiger partial charge in [0.1, 0.15) is 12.2 Å². The Kier molecular flexibility index (Phi) is 4.12. The third kappa shape index (κ3) is 2.61. The van der Waals surface area contributed by atoms with Crippen molar-refractivity contribution < 1.29 is 28.5 Å². The Labute approximate surface area is 103 Å². The predicted octanol–water partition coefficient (Wildman–Crippen LogP) is -2.47. The van der Waals surface area contributed by atoms with Crippen LogP contribution >= 0.6 is 0 Å². The largest absolute Gasteiger partial charge is 0.456 e. The van der Waals surface area contributed by atoms with Crippen molar-refractivity contribution in [3.8, 4) is 0 Å². The Bertz CT molecular complexity index is 304. The van der Waals surface area contributed by atoms with Crippen LogP contribution in [0.25, 0.3) is 0 Å². The highest BCUT2D eigenvalue weighted by Crippen LogP contribution is 2.30. The lowest BCUT2D eigenvalue weighted by molar-refractivity contribution is -0.153. The van der Waals surface area contributed by atoms with Crippen molar-refractivity contribution in [2.75, 3.05) is 26.3 Å². The van der Waals surface area contributed by atoms with Crippen LogP contribution in [0.1, 0.15) is 0 Å². The van der Waals surface area contributed by atoms with Crippen molar-refractivity contribution >= 4 is 11.9 Å². The number of carbonyl (C=O) groups is 2. The van der Waals surface area contributed by atoms with Crippen molar-refractivity contribution in [1.82, 2.24) is 0 Å². The van der Waals surface area contributed by atoms with Crippen LogP contribution in [0.15, 0.2) is 0 Å². The van der Waals surface area contributed by atoms with Crippen LogP contribution in [0.2, 0.25) is 0 Å². The molecule has 8 nitrogen and oxygen atoms in total. The summed E-state index contributed by atoms with van der Waals surface area (Å²) in [6.07, 6.45) is -1.85. The van der Waals surface area contributed by atoms with E-state index in [1.807, 2.05) is 0 Å². The van der Waals surface area contributed by atoms with Crippen LogP contribution in [0, 0.1) is 0 Å². The molecule has 102 valence electrons. The maximum atomic E-state index is 11.1. The second-order valence-electron chi connectivity index (χ2n) is 4.06. The number of esters is 2. The molecule has 0 amide bonds. The molecule has 0 bridgehead atoms. The molecule has 2 aliphatic heterocycles. The third-order valence-electron chi connectivity index (χ3n) is 2.86. The summed E-state index contributed by atoms with van der Waals surface area (Å²) in [6, 6.07) is 0. The molecular formula is C10H16N2O6. The first-order valence-electron chi connectivity index (χ1n) is 5.68. The fourth-order valence-corrected chi connectivity index (χ4v) is 2.07. The van der Waals surface area contributed by atoms with Crippen LogP contribution in [0.4, 0.5) is 0 Å². The first-order valence-corrected chi connectivity index (χ1v) is 5.68. The molecule has 0 spiro atoms. The van der Waals surface area contributed by atoms with Crippen molar-refractivity contribution in [3.63, 3.8) is 0 Å². The zero-order valence-corrected chi connectivity index (χ0v) is 9.74. The van der Waals surface area contributed by atoms with Gasteiger partial charge in [-0.1, -0.05) is 0 Å². The molecule has 8 heteroatoms. The lowest BCUT2D eigenvalue weighted by Crippen LogP contribution is -2.37. The monoisotopic (exact) mass is 260 g/mol. The number of ether oxygens (including phenoxy) is 4. The van der Waals surface area contributed by atoms with Crippen LogP contribution in [0.3, 0.4) is 0 Å². The van der Waals surface area contributed by atoms with Gasteiger partial charge in [0, 0.05) is 0 Å². The molecule has 0 radical (unpaired) electrons. The van der Waals surface area contributed by atoms with E-state index in [1.165, 1.54) is 0 Å². The molecule has 0 aromatic rings. The maximum absolute atomic E-state index is 11.1. The van der Waals surface area contributed by atoms with E-state index in [0.29, 0.717) is 0 Å². The second-order valence-corrected chi connectivity index (χ2v) is 4.06. The van der Waals surface area contributed by atoms with Crippen molar-refractivity contribution in [3.05, 3.63) is 0 Å². The summed E-state index contributed by atoms with van der Waals surface area (Å²) in [6.45, 7) is 0.0223. The van der Waals surface area contributed by atoms with Gasteiger partial charge in [-0.2, -0.15) is 0 Å². The molecule has 0 aromatic carbocycles. The minimum atomic E-state index is -0.518. The van der Waals surface area contributed by atoms with Gasteiger partial charge in [-0.3, -0.25) is 9.59 Å². The summed E-state index contributed by atoms with van der Waals surface area (Å²) in [7, 11) is 0. The standard InChI is InChI=1S/C10H16N2O6/c11-1-7(13)17-5-3-15-10-6(4-16-9(5)10)18-8(14)2-12/h5-6,9-10H,1-4,11-12H2. The molecule has 2 saturated heterocycles. The molecule has 4 atom stereocenters. The van der Waals surface area contributed by atoms with Gasteiger partial charge in [0.25, 0.3) is 0 Å².